The molecule has 0 saturated heterocycles. The summed E-state index contributed by atoms with van der Waals surface area (Å²) in [5, 5.41) is 0. The molecule has 0 heterocycles. The Morgan fingerprint density at radius 2 is 2.00 bits per heavy atom. The average Bonchev–Trinajstić information content (AvgIpc) is 2.26. The number of hydrogen-bond donors (Lipinski definition) is 1. The maximum absolute atomic E-state index is 12.1. The van der Waals surface area contributed by atoms with Crippen LogP contribution < -0.4 is 5.73 Å². The van der Waals surface area contributed by atoms with Crippen LogP contribution >= 0.6 is 0 Å². The number of carbonyl (C=O) groups is 1. The van der Waals surface area contributed by atoms with E-state index in [1.54, 1.807) is 0 Å². The molecule has 1 fully saturated rings. The van der Waals surface area contributed by atoms with Crippen molar-refractivity contribution in [3.05, 3.63) is 35.4 Å². The van der Waals surface area contributed by atoms with Crippen LogP contribution in [-0.2, 0) is 14.9 Å². The highest BCUT2D eigenvalue weighted by Crippen LogP contribution is 2.44. The Morgan fingerprint density at radius 3 is 2.47 bits per heavy atom. The molecule has 3 nitrogen and oxygen atoms in total. The molecule has 17 heavy (non-hydrogen) atoms. The molecule has 0 atom stereocenters. The van der Waals surface area contributed by atoms with Crippen LogP contribution in [0.2, 0.25) is 0 Å². The first-order valence-corrected chi connectivity index (χ1v) is 6.08. The van der Waals surface area contributed by atoms with Gasteiger partial charge in [-0.15, -0.1) is 0 Å². The van der Waals surface area contributed by atoms with E-state index in [1.165, 1.54) is 5.56 Å². The Morgan fingerprint density at radius 1 is 1.41 bits per heavy atom. The van der Waals surface area contributed by atoms with E-state index in [4.69, 9.17) is 10.5 Å². The molecule has 1 aliphatic rings. The van der Waals surface area contributed by atoms with Crippen LogP contribution in [0.15, 0.2) is 24.3 Å². The summed E-state index contributed by atoms with van der Waals surface area (Å²) in [4.78, 5) is 12.1. The van der Waals surface area contributed by atoms with Crippen molar-refractivity contribution in [1.29, 1.82) is 0 Å². The Kier molecular flexibility index (Phi) is 3.20. The Balaban J connectivity index is 2.29. The second-order valence-corrected chi connectivity index (χ2v) is 4.84. The first-order chi connectivity index (χ1) is 8.08. The van der Waals surface area contributed by atoms with E-state index in [9.17, 15) is 4.79 Å². The van der Waals surface area contributed by atoms with E-state index in [0.29, 0.717) is 19.4 Å². The van der Waals surface area contributed by atoms with Gasteiger partial charge in [-0.05, 0) is 32.3 Å². The predicted octanol–water partition coefficient (Wildman–Crippen LogP) is 1.92. The topological polar surface area (TPSA) is 52.3 Å². The number of hydrogen-bond acceptors (Lipinski definition) is 3. The normalized spacial score (nSPS) is 27.4. The monoisotopic (exact) mass is 233 g/mol. The van der Waals surface area contributed by atoms with Crippen LogP contribution in [0.3, 0.4) is 0 Å². The lowest BCUT2D eigenvalue weighted by atomic mass is 9.62. The summed E-state index contributed by atoms with van der Waals surface area (Å²) < 4.78 is 5.19. The van der Waals surface area contributed by atoms with E-state index in [1.807, 2.05) is 38.1 Å². The van der Waals surface area contributed by atoms with E-state index in [-0.39, 0.29) is 12.0 Å². The van der Waals surface area contributed by atoms with Gasteiger partial charge in [-0.25, -0.2) is 0 Å². The highest BCUT2D eigenvalue weighted by Gasteiger charge is 2.51. The van der Waals surface area contributed by atoms with Crippen LogP contribution in [-0.4, -0.2) is 18.6 Å². The van der Waals surface area contributed by atoms with Gasteiger partial charge in [0.2, 0.25) is 0 Å². The van der Waals surface area contributed by atoms with Gasteiger partial charge in [-0.2, -0.15) is 0 Å². The van der Waals surface area contributed by atoms with Gasteiger partial charge in [0.25, 0.3) is 0 Å². The average molecular weight is 233 g/mol. The van der Waals surface area contributed by atoms with Gasteiger partial charge in [0.05, 0.1) is 12.0 Å². The summed E-state index contributed by atoms with van der Waals surface area (Å²) in [6, 6.07) is 8.19. The number of ether oxygens (including phenoxy) is 1. The van der Waals surface area contributed by atoms with Gasteiger partial charge in [-0.1, -0.05) is 29.8 Å². The first kappa shape index (κ1) is 12.1. The number of rotatable bonds is 3. The van der Waals surface area contributed by atoms with Crippen molar-refractivity contribution in [3.8, 4) is 0 Å². The largest absolute Gasteiger partial charge is 0.465 e. The second kappa shape index (κ2) is 4.49. The molecule has 1 aliphatic carbocycles. The molecule has 0 aliphatic heterocycles. The first-order valence-electron chi connectivity index (χ1n) is 6.08. The molecule has 0 aromatic heterocycles. The third-order valence-corrected chi connectivity index (χ3v) is 3.49. The third-order valence-electron chi connectivity index (χ3n) is 3.49. The molecular formula is C14H19NO2. The number of esters is 1. The number of carbonyl (C=O) groups excluding carboxylic acids is 1. The maximum atomic E-state index is 12.1. The summed E-state index contributed by atoms with van der Waals surface area (Å²) in [7, 11) is 0. The molecule has 2 rings (SSSR count). The highest BCUT2D eigenvalue weighted by atomic mass is 16.5. The van der Waals surface area contributed by atoms with Crippen LogP contribution in [0.25, 0.3) is 0 Å². The van der Waals surface area contributed by atoms with E-state index in [0.717, 1.165) is 5.56 Å². The Labute approximate surface area is 102 Å². The molecule has 0 bridgehead atoms. The van der Waals surface area contributed by atoms with Gasteiger partial charge in [-0.3, -0.25) is 4.79 Å². The van der Waals surface area contributed by atoms with Crippen molar-refractivity contribution >= 4 is 5.97 Å². The molecule has 0 unspecified atom stereocenters. The zero-order chi connectivity index (χ0) is 12.5. The minimum atomic E-state index is -0.497. The molecule has 0 spiro atoms. The zero-order valence-electron chi connectivity index (χ0n) is 10.4. The van der Waals surface area contributed by atoms with Crippen molar-refractivity contribution in [2.45, 2.75) is 38.1 Å². The van der Waals surface area contributed by atoms with E-state index < -0.39 is 5.41 Å². The summed E-state index contributed by atoms with van der Waals surface area (Å²) in [5.41, 5.74) is 7.57. The molecule has 1 aromatic carbocycles. The van der Waals surface area contributed by atoms with Gasteiger partial charge in [0.15, 0.2) is 0 Å². The smallest absolute Gasteiger partial charge is 0.316 e. The highest BCUT2D eigenvalue weighted by molar-refractivity contribution is 5.85. The van der Waals surface area contributed by atoms with Crippen molar-refractivity contribution in [2.75, 3.05) is 6.61 Å². The fraction of sp³-hybridized carbons (Fsp3) is 0.500. The summed E-state index contributed by atoms with van der Waals surface area (Å²) >= 11 is 0. The lowest BCUT2D eigenvalue weighted by molar-refractivity contribution is -0.154. The lowest BCUT2D eigenvalue weighted by Gasteiger charge is -2.44. The molecule has 92 valence electrons. The van der Waals surface area contributed by atoms with Crippen molar-refractivity contribution in [1.82, 2.24) is 0 Å². The van der Waals surface area contributed by atoms with E-state index >= 15 is 0 Å². The number of nitrogens with two attached hydrogens (primary N) is 1. The van der Waals surface area contributed by atoms with E-state index in [2.05, 4.69) is 0 Å². The SMILES string of the molecule is CCOC(=O)C1(c2ccc(C)cc2)CC(N)C1. The lowest BCUT2D eigenvalue weighted by Crippen LogP contribution is -2.54. The van der Waals surface area contributed by atoms with Crippen molar-refractivity contribution < 1.29 is 9.53 Å². The quantitative estimate of drug-likeness (QED) is 0.811. The minimum Gasteiger partial charge on any atom is -0.465 e. The van der Waals surface area contributed by atoms with Gasteiger partial charge < -0.3 is 10.5 Å². The summed E-state index contributed by atoms with van der Waals surface area (Å²) in [5.74, 6) is -0.134. The van der Waals surface area contributed by atoms with Gasteiger partial charge in [0, 0.05) is 6.04 Å². The fourth-order valence-electron chi connectivity index (χ4n) is 2.50. The standard InChI is InChI=1S/C14H19NO2/c1-3-17-13(16)14(8-12(15)9-14)11-6-4-10(2)5-7-11/h4-7,12H,3,8-9,15H2,1-2H3. The van der Waals surface area contributed by atoms with Crippen LogP contribution in [0, 0.1) is 6.92 Å². The zero-order valence-corrected chi connectivity index (χ0v) is 10.4. The third kappa shape index (κ3) is 2.07. The van der Waals surface area contributed by atoms with Crippen LogP contribution in [0.5, 0.6) is 0 Å². The number of benzene rings is 1. The number of aryl methyl sites for hydroxylation is 1. The summed E-state index contributed by atoms with van der Waals surface area (Å²) in [6.07, 6.45) is 1.38. The van der Waals surface area contributed by atoms with Crippen LogP contribution in [0.4, 0.5) is 0 Å². The summed E-state index contributed by atoms with van der Waals surface area (Å²) in [6.45, 7) is 4.29. The van der Waals surface area contributed by atoms with Crippen molar-refractivity contribution in [3.63, 3.8) is 0 Å². The minimum absolute atomic E-state index is 0.112. The molecule has 0 amide bonds. The molecular weight excluding hydrogens is 214 g/mol. The molecule has 0 radical (unpaired) electrons. The molecule has 1 saturated carbocycles. The Bertz CT molecular complexity index is 405. The second-order valence-electron chi connectivity index (χ2n) is 4.84. The van der Waals surface area contributed by atoms with Crippen molar-refractivity contribution in [2.24, 2.45) is 5.73 Å². The predicted molar refractivity (Wildman–Crippen MR) is 66.7 cm³/mol. The Hall–Kier alpha value is -1.35. The van der Waals surface area contributed by atoms with Crippen LogP contribution in [0.1, 0.15) is 30.9 Å². The molecule has 1 aromatic rings. The molecule has 2 N–H and O–H groups in total. The molecule has 3 heteroatoms. The fourth-order valence-corrected chi connectivity index (χ4v) is 2.50. The van der Waals surface area contributed by atoms with Gasteiger partial charge >= 0.3 is 5.97 Å². The maximum Gasteiger partial charge on any atom is 0.316 e. The van der Waals surface area contributed by atoms with Gasteiger partial charge in [0.1, 0.15) is 0 Å².